The Balaban J connectivity index is 2.42. The molecule has 2 atom stereocenters. The molecule has 0 saturated carbocycles. The van der Waals surface area contributed by atoms with Crippen molar-refractivity contribution in [1.82, 2.24) is 0 Å². The first-order chi connectivity index (χ1) is 4.97. The zero-order chi connectivity index (χ0) is 8.28. The zero-order valence-corrected chi connectivity index (χ0v) is 7.31. The van der Waals surface area contributed by atoms with Crippen LogP contribution in [0.3, 0.4) is 0 Å². The third-order valence-electron chi connectivity index (χ3n) is 3.16. The summed E-state index contributed by atoms with van der Waals surface area (Å²) in [5.74, 6) is 0.293. The van der Waals surface area contributed by atoms with Gasteiger partial charge in [-0.1, -0.05) is 13.8 Å². The Morgan fingerprint density at radius 3 is 2.36 bits per heavy atom. The second kappa shape index (κ2) is 1.69. The van der Waals surface area contributed by atoms with E-state index in [1.807, 2.05) is 20.8 Å². The Hall–Kier alpha value is -0.370. The summed E-state index contributed by atoms with van der Waals surface area (Å²) in [5.41, 5.74) is -0.666. The van der Waals surface area contributed by atoms with Crippen molar-refractivity contribution in [3.05, 3.63) is 0 Å². The normalized spacial score (nSPS) is 46.8. The number of rotatable bonds is 0. The van der Waals surface area contributed by atoms with Crippen LogP contribution in [0.5, 0.6) is 0 Å². The van der Waals surface area contributed by atoms with Crippen molar-refractivity contribution in [1.29, 1.82) is 0 Å². The first kappa shape index (κ1) is 7.29. The molecule has 2 heterocycles. The van der Waals surface area contributed by atoms with Crippen LogP contribution in [0.4, 0.5) is 0 Å². The minimum atomic E-state index is -0.436. The molecule has 0 unspecified atom stereocenters. The fourth-order valence-corrected chi connectivity index (χ4v) is 2.34. The highest BCUT2D eigenvalue weighted by molar-refractivity contribution is 5.95. The van der Waals surface area contributed by atoms with Crippen LogP contribution in [0.25, 0.3) is 0 Å². The van der Waals surface area contributed by atoms with E-state index in [9.17, 15) is 4.79 Å². The molecule has 0 aromatic rings. The summed E-state index contributed by atoms with van der Waals surface area (Å²) >= 11 is 0. The smallest absolute Gasteiger partial charge is 0.172 e. The average Bonchev–Trinajstić information content (AvgIpc) is 2.36. The van der Waals surface area contributed by atoms with Crippen LogP contribution in [-0.2, 0) is 9.53 Å². The lowest BCUT2D eigenvalue weighted by Gasteiger charge is -2.26. The molecule has 2 nitrogen and oxygen atoms in total. The van der Waals surface area contributed by atoms with Gasteiger partial charge >= 0.3 is 0 Å². The lowest BCUT2D eigenvalue weighted by atomic mass is 9.72. The quantitative estimate of drug-likeness (QED) is 0.529. The minimum absolute atomic E-state index is 0.181. The molecule has 2 aliphatic heterocycles. The summed E-state index contributed by atoms with van der Waals surface area (Å²) in [6.07, 6.45) is 2.15. The van der Waals surface area contributed by atoms with Crippen LogP contribution >= 0.6 is 0 Å². The van der Waals surface area contributed by atoms with Gasteiger partial charge in [-0.15, -0.1) is 0 Å². The van der Waals surface area contributed by atoms with Gasteiger partial charge in [0.15, 0.2) is 5.78 Å². The molecule has 2 bridgehead atoms. The van der Waals surface area contributed by atoms with E-state index >= 15 is 0 Å². The lowest BCUT2D eigenvalue weighted by Crippen LogP contribution is -2.40. The Kier molecular flexibility index (Phi) is 1.12. The van der Waals surface area contributed by atoms with E-state index in [4.69, 9.17) is 4.74 Å². The topological polar surface area (TPSA) is 26.3 Å². The third-order valence-corrected chi connectivity index (χ3v) is 3.16. The van der Waals surface area contributed by atoms with Gasteiger partial charge < -0.3 is 4.74 Å². The first-order valence-corrected chi connectivity index (χ1v) is 4.19. The molecular weight excluding hydrogens is 140 g/mol. The van der Waals surface area contributed by atoms with Gasteiger partial charge in [-0.2, -0.15) is 0 Å². The molecule has 2 rings (SSSR count). The number of hydrogen-bond donors (Lipinski definition) is 0. The molecule has 62 valence electrons. The highest BCUT2D eigenvalue weighted by atomic mass is 16.5. The fourth-order valence-electron chi connectivity index (χ4n) is 2.34. The molecule has 0 amide bonds. The molecule has 2 fully saturated rings. The Labute approximate surface area is 66.9 Å². The molecule has 0 spiro atoms. The number of carbonyl (C=O) groups excluding carboxylic acids is 1. The van der Waals surface area contributed by atoms with Gasteiger partial charge in [0.2, 0.25) is 0 Å². The second-order valence-corrected chi connectivity index (χ2v) is 4.43. The second-order valence-electron chi connectivity index (χ2n) is 4.43. The van der Waals surface area contributed by atoms with Gasteiger partial charge in [0.1, 0.15) is 5.60 Å². The van der Waals surface area contributed by atoms with Crippen LogP contribution < -0.4 is 0 Å². The highest BCUT2D eigenvalue weighted by Gasteiger charge is 2.60. The third kappa shape index (κ3) is 0.684. The van der Waals surface area contributed by atoms with Crippen molar-refractivity contribution in [2.24, 2.45) is 5.41 Å². The van der Waals surface area contributed by atoms with Crippen molar-refractivity contribution < 1.29 is 9.53 Å². The number of fused-ring (bicyclic) bond motifs is 2. The van der Waals surface area contributed by atoms with E-state index in [0.29, 0.717) is 5.78 Å². The van der Waals surface area contributed by atoms with Crippen LogP contribution in [0.2, 0.25) is 0 Å². The van der Waals surface area contributed by atoms with E-state index in [1.54, 1.807) is 0 Å². The maximum Gasteiger partial charge on any atom is 0.172 e. The maximum absolute atomic E-state index is 11.7. The van der Waals surface area contributed by atoms with Crippen LogP contribution in [0.15, 0.2) is 0 Å². The van der Waals surface area contributed by atoms with Gasteiger partial charge in [-0.25, -0.2) is 0 Å². The first-order valence-electron chi connectivity index (χ1n) is 4.19. The number of Topliss-reactive ketones (excluding diaryl/α,β-unsaturated/α-hetero) is 1. The summed E-state index contributed by atoms with van der Waals surface area (Å²) in [6.45, 7) is 5.90. The van der Waals surface area contributed by atoms with Gasteiger partial charge in [0.25, 0.3) is 0 Å². The van der Waals surface area contributed by atoms with Crippen molar-refractivity contribution in [2.75, 3.05) is 0 Å². The van der Waals surface area contributed by atoms with E-state index in [-0.39, 0.29) is 11.5 Å². The number of ketones is 1. The van der Waals surface area contributed by atoms with Crippen LogP contribution in [0.1, 0.15) is 33.6 Å². The predicted molar refractivity (Wildman–Crippen MR) is 41.3 cm³/mol. The summed E-state index contributed by atoms with van der Waals surface area (Å²) in [7, 11) is 0. The van der Waals surface area contributed by atoms with Gasteiger partial charge in [0.05, 0.1) is 11.5 Å². The van der Waals surface area contributed by atoms with Crippen LogP contribution in [0, 0.1) is 5.41 Å². The fraction of sp³-hybridized carbons (Fsp3) is 0.889. The Morgan fingerprint density at radius 2 is 2.09 bits per heavy atom. The molecule has 0 radical (unpaired) electrons. The summed E-state index contributed by atoms with van der Waals surface area (Å²) in [6, 6.07) is 0. The van der Waals surface area contributed by atoms with E-state index in [2.05, 4.69) is 0 Å². The van der Waals surface area contributed by atoms with Crippen molar-refractivity contribution in [2.45, 2.75) is 45.3 Å². The standard InChI is InChI=1S/C9H14O2/c1-8(2)6-4-5-9(3,11-6)7(8)10/h6H,4-5H2,1-3H3/t6-,9+/m1/s1. The monoisotopic (exact) mass is 154 g/mol. The number of hydrogen-bond acceptors (Lipinski definition) is 2. The zero-order valence-electron chi connectivity index (χ0n) is 7.31. The average molecular weight is 154 g/mol. The molecule has 0 N–H and O–H groups in total. The molecule has 2 heteroatoms. The van der Waals surface area contributed by atoms with Crippen molar-refractivity contribution in [3.8, 4) is 0 Å². The number of carbonyl (C=O) groups is 1. The molecule has 0 aromatic carbocycles. The Bertz CT molecular complexity index is 213. The van der Waals surface area contributed by atoms with Crippen molar-refractivity contribution in [3.63, 3.8) is 0 Å². The van der Waals surface area contributed by atoms with Crippen LogP contribution in [-0.4, -0.2) is 17.5 Å². The van der Waals surface area contributed by atoms with E-state index in [1.165, 1.54) is 0 Å². The molecule has 0 aliphatic carbocycles. The Morgan fingerprint density at radius 1 is 1.45 bits per heavy atom. The predicted octanol–water partition coefficient (Wildman–Crippen LogP) is 1.53. The molecule has 2 saturated heterocycles. The molecule has 11 heavy (non-hydrogen) atoms. The molecule has 0 aromatic heterocycles. The maximum atomic E-state index is 11.7. The molecular formula is C9H14O2. The highest BCUT2D eigenvalue weighted by Crippen LogP contribution is 2.50. The summed E-state index contributed by atoms with van der Waals surface area (Å²) < 4.78 is 5.64. The molecule has 2 aliphatic rings. The van der Waals surface area contributed by atoms with Gasteiger partial charge in [-0.3, -0.25) is 4.79 Å². The summed E-state index contributed by atoms with van der Waals surface area (Å²) in [4.78, 5) is 11.7. The summed E-state index contributed by atoms with van der Waals surface area (Å²) in [5, 5.41) is 0. The SMILES string of the molecule is CC1(C)C(=O)[C@]2(C)CC[C@H]1O2. The largest absolute Gasteiger partial charge is 0.363 e. The van der Waals surface area contributed by atoms with Gasteiger partial charge in [0, 0.05) is 0 Å². The van der Waals surface area contributed by atoms with Gasteiger partial charge in [-0.05, 0) is 19.8 Å². The number of ether oxygens (including phenoxy) is 1. The van der Waals surface area contributed by atoms with Crippen molar-refractivity contribution >= 4 is 5.78 Å². The van der Waals surface area contributed by atoms with E-state index in [0.717, 1.165) is 12.8 Å². The minimum Gasteiger partial charge on any atom is -0.363 e. The lowest BCUT2D eigenvalue weighted by molar-refractivity contribution is -0.133. The van der Waals surface area contributed by atoms with E-state index < -0.39 is 5.60 Å².